The van der Waals surface area contributed by atoms with Crippen LogP contribution in [0.25, 0.3) is 0 Å². The molecule has 1 N–H and O–H groups in total. The molecule has 2 aliphatic carbocycles. The summed E-state index contributed by atoms with van der Waals surface area (Å²) in [4.78, 5) is 2.92. The Morgan fingerprint density at radius 2 is 1.71 bits per heavy atom. The Bertz CT molecular complexity index is 314. The Kier molecular flexibility index (Phi) is 5.27. The van der Waals surface area contributed by atoms with E-state index in [0.717, 1.165) is 12.0 Å². The van der Waals surface area contributed by atoms with Crippen LogP contribution in [0, 0.1) is 11.3 Å². The predicted molar refractivity (Wildman–Crippen MR) is 90.6 cm³/mol. The third-order valence-corrected chi connectivity index (χ3v) is 6.45. The van der Waals surface area contributed by atoms with Gasteiger partial charge in [-0.1, -0.05) is 39.5 Å². The molecule has 0 aromatic heterocycles. The molecule has 0 aromatic rings. The fourth-order valence-electron chi connectivity index (χ4n) is 5.29. The van der Waals surface area contributed by atoms with Gasteiger partial charge in [-0.25, -0.2) is 0 Å². The van der Waals surface area contributed by atoms with Crippen molar-refractivity contribution < 1.29 is 0 Å². The van der Waals surface area contributed by atoms with Crippen LogP contribution < -0.4 is 5.32 Å². The zero-order chi connectivity index (χ0) is 14.7. The monoisotopic (exact) mass is 292 g/mol. The molecular weight excluding hydrogens is 256 g/mol. The van der Waals surface area contributed by atoms with Crippen LogP contribution in [0.3, 0.4) is 0 Å². The molecule has 3 rings (SSSR count). The summed E-state index contributed by atoms with van der Waals surface area (Å²) >= 11 is 0. The van der Waals surface area contributed by atoms with Crippen molar-refractivity contribution in [3.05, 3.63) is 0 Å². The van der Waals surface area contributed by atoms with E-state index in [9.17, 15) is 0 Å². The lowest BCUT2D eigenvalue weighted by Gasteiger charge is -2.39. The van der Waals surface area contributed by atoms with Crippen LogP contribution in [0.15, 0.2) is 0 Å². The maximum atomic E-state index is 3.76. The van der Waals surface area contributed by atoms with Gasteiger partial charge in [0, 0.05) is 25.2 Å². The molecule has 2 heteroatoms. The first-order valence-corrected chi connectivity index (χ1v) is 9.66. The molecule has 1 saturated heterocycles. The van der Waals surface area contributed by atoms with E-state index in [0.29, 0.717) is 11.5 Å². The van der Waals surface area contributed by atoms with Gasteiger partial charge in [0.1, 0.15) is 0 Å². The average Bonchev–Trinajstić information content (AvgIpc) is 3.18. The fraction of sp³-hybridized carbons (Fsp3) is 1.00. The van der Waals surface area contributed by atoms with Crippen molar-refractivity contribution >= 4 is 0 Å². The SMILES string of the molecule is CC(C)NCC1(CN2CCCC2C2CCCC2)CCCC1. The zero-order valence-electron chi connectivity index (χ0n) is 14.4. The van der Waals surface area contributed by atoms with Crippen molar-refractivity contribution in [1.82, 2.24) is 10.2 Å². The van der Waals surface area contributed by atoms with Crippen molar-refractivity contribution in [2.45, 2.75) is 90.1 Å². The van der Waals surface area contributed by atoms with E-state index < -0.39 is 0 Å². The molecule has 0 aromatic carbocycles. The molecule has 2 saturated carbocycles. The zero-order valence-corrected chi connectivity index (χ0v) is 14.4. The molecule has 21 heavy (non-hydrogen) atoms. The van der Waals surface area contributed by atoms with Crippen LogP contribution in [-0.2, 0) is 0 Å². The Morgan fingerprint density at radius 3 is 2.38 bits per heavy atom. The number of likely N-dealkylation sites (tertiary alicyclic amines) is 1. The van der Waals surface area contributed by atoms with Crippen LogP contribution in [0.2, 0.25) is 0 Å². The topological polar surface area (TPSA) is 15.3 Å². The van der Waals surface area contributed by atoms with Gasteiger partial charge >= 0.3 is 0 Å². The standard InChI is InChI=1S/C19H36N2/c1-16(2)20-14-19(11-5-6-12-19)15-21-13-7-10-18(21)17-8-3-4-9-17/h16-18,20H,3-15H2,1-2H3. The normalized spacial score (nSPS) is 30.7. The van der Waals surface area contributed by atoms with Crippen LogP contribution >= 0.6 is 0 Å². The van der Waals surface area contributed by atoms with Gasteiger partial charge in [-0.2, -0.15) is 0 Å². The minimum atomic E-state index is 0.589. The molecule has 0 bridgehead atoms. The Morgan fingerprint density at radius 1 is 1.00 bits per heavy atom. The van der Waals surface area contributed by atoms with Crippen molar-refractivity contribution in [2.24, 2.45) is 11.3 Å². The molecule has 1 aliphatic heterocycles. The van der Waals surface area contributed by atoms with Crippen LogP contribution in [-0.4, -0.2) is 36.6 Å². The molecular formula is C19H36N2. The van der Waals surface area contributed by atoms with E-state index in [2.05, 4.69) is 24.1 Å². The lowest BCUT2D eigenvalue weighted by molar-refractivity contribution is 0.109. The summed E-state index contributed by atoms with van der Waals surface area (Å²) in [7, 11) is 0. The summed E-state index contributed by atoms with van der Waals surface area (Å²) in [6.07, 6.45) is 14.8. The maximum Gasteiger partial charge on any atom is 0.0124 e. The van der Waals surface area contributed by atoms with Crippen molar-refractivity contribution in [3.63, 3.8) is 0 Å². The molecule has 2 nitrogen and oxygen atoms in total. The van der Waals surface area contributed by atoms with E-state index >= 15 is 0 Å². The second-order valence-corrected chi connectivity index (χ2v) is 8.47. The Hall–Kier alpha value is -0.0800. The maximum absolute atomic E-state index is 3.76. The van der Waals surface area contributed by atoms with Gasteiger partial charge in [-0.05, 0) is 56.4 Å². The van der Waals surface area contributed by atoms with Crippen molar-refractivity contribution in [3.8, 4) is 0 Å². The number of hydrogen-bond donors (Lipinski definition) is 1. The quantitative estimate of drug-likeness (QED) is 0.789. The summed E-state index contributed by atoms with van der Waals surface area (Å²) in [5.74, 6) is 1.03. The molecule has 0 radical (unpaired) electrons. The third-order valence-electron chi connectivity index (χ3n) is 6.45. The molecule has 3 aliphatic rings. The van der Waals surface area contributed by atoms with Gasteiger partial charge in [0.05, 0.1) is 0 Å². The van der Waals surface area contributed by atoms with Gasteiger partial charge in [-0.15, -0.1) is 0 Å². The number of rotatable bonds is 6. The molecule has 0 spiro atoms. The van der Waals surface area contributed by atoms with Crippen LogP contribution in [0.1, 0.15) is 78.1 Å². The molecule has 1 atom stereocenters. The van der Waals surface area contributed by atoms with E-state index in [-0.39, 0.29) is 0 Å². The Balaban J connectivity index is 1.61. The fourth-order valence-corrected chi connectivity index (χ4v) is 5.29. The lowest BCUT2D eigenvalue weighted by Crippen LogP contribution is -2.47. The minimum absolute atomic E-state index is 0.589. The van der Waals surface area contributed by atoms with Crippen LogP contribution in [0.5, 0.6) is 0 Å². The summed E-state index contributed by atoms with van der Waals surface area (Å²) in [6.45, 7) is 8.59. The second kappa shape index (κ2) is 7.00. The van der Waals surface area contributed by atoms with E-state index in [1.54, 1.807) is 0 Å². The summed E-state index contributed by atoms with van der Waals surface area (Å²) < 4.78 is 0. The van der Waals surface area contributed by atoms with Gasteiger partial charge in [0.2, 0.25) is 0 Å². The van der Waals surface area contributed by atoms with Crippen molar-refractivity contribution in [2.75, 3.05) is 19.6 Å². The lowest BCUT2D eigenvalue weighted by atomic mass is 9.84. The van der Waals surface area contributed by atoms with E-state index in [1.807, 2.05) is 0 Å². The summed E-state index contributed by atoms with van der Waals surface area (Å²) in [5.41, 5.74) is 0.589. The largest absolute Gasteiger partial charge is 0.314 e. The molecule has 3 fully saturated rings. The second-order valence-electron chi connectivity index (χ2n) is 8.47. The third kappa shape index (κ3) is 3.82. The van der Waals surface area contributed by atoms with E-state index in [4.69, 9.17) is 0 Å². The van der Waals surface area contributed by atoms with Gasteiger partial charge in [0.25, 0.3) is 0 Å². The smallest absolute Gasteiger partial charge is 0.0124 e. The molecule has 0 amide bonds. The first kappa shape index (κ1) is 15.8. The van der Waals surface area contributed by atoms with E-state index in [1.165, 1.54) is 83.8 Å². The molecule has 1 unspecified atom stereocenters. The van der Waals surface area contributed by atoms with Gasteiger partial charge in [-0.3, -0.25) is 4.90 Å². The molecule has 122 valence electrons. The number of hydrogen-bond acceptors (Lipinski definition) is 2. The first-order valence-electron chi connectivity index (χ1n) is 9.66. The average molecular weight is 293 g/mol. The number of nitrogens with one attached hydrogen (secondary N) is 1. The van der Waals surface area contributed by atoms with Crippen molar-refractivity contribution in [1.29, 1.82) is 0 Å². The Labute approximate surface area is 132 Å². The van der Waals surface area contributed by atoms with Crippen LogP contribution in [0.4, 0.5) is 0 Å². The first-order chi connectivity index (χ1) is 10.2. The van der Waals surface area contributed by atoms with Gasteiger partial charge in [0.15, 0.2) is 0 Å². The molecule has 1 heterocycles. The summed E-state index contributed by atoms with van der Waals surface area (Å²) in [5, 5.41) is 3.76. The minimum Gasteiger partial charge on any atom is -0.314 e. The predicted octanol–water partition coefficient (Wildman–Crippen LogP) is 4.20. The number of nitrogens with zero attached hydrogens (tertiary/aromatic N) is 1. The highest BCUT2D eigenvalue weighted by atomic mass is 15.2. The van der Waals surface area contributed by atoms with Gasteiger partial charge < -0.3 is 5.32 Å². The highest BCUT2D eigenvalue weighted by Crippen LogP contribution is 2.42. The highest BCUT2D eigenvalue weighted by Gasteiger charge is 2.40. The summed E-state index contributed by atoms with van der Waals surface area (Å²) in [6, 6.07) is 1.57. The highest BCUT2D eigenvalue weighted by molar-refractivity contribution is 4.95.